The van der Waals surface area contributed by atoms with Crippen LogP contribution in [0.25, 0.3) is 0 Å². The third kappa shape index (κ3) is 2.67. The third-order valence-electron chi connectivity index (χ3n) is 2.03. The second kappa shape index (κ2) is 4.72. The highest BCUT2D eigenvalue weighted by Crippen LogP contribution is 2.14. The van der Waals surface area contributed by atoms with Crippen molar-refractivity contribution >= 4 is 11.3 Å². The van der Waals surface area contributed by atoms with Gasteiger partial charge in [0, 0.05) is 24.7 Å². The second-order valence-corrected chi connectivity index (χ2v) is 4.19. The van der Waals surface area contributed by atoms with Gasteiger partial charge in [-0.05, 0) is 6.92 Å². The maximum absolute atomic E-state index is 5.67. The van der Waals surface area contributed by atoms with E-state index in [1.807, 2.05) is 5.38 Å². The van der Waals surface area contributed by atoms with Gasteiger partial charge < -0.3 is 14.8 Å². The molecule has 5 heteroatoms. The van der Waals surface area contributed by atoms with E-state index in [0.29, 0.717) is 11.8 Å². The highest BCUT2D eigenvalue weighted by Gasteiger charge is 2.19. The lowest BCUT2D eigenvalue weighted by Gasteiger charge is -2.28. The van der Waals surface area contributed by atoms with Crippen molar-refractivity contribution in [1.29, 1.82) is 0 Å². The Kier molecular flexibility index (Phi) is 3.34. The van der Waals surface area contributed by atoms with Gasteiger partial charge in [0.2, 0.25) is 0 Å². The van der Waals surface area contributed by atoms with E-state index in [0.717, 1.165) is 13.1 Å². The van der Waals surface area contributed by atoms with E-state index in [4.69, 9.17) is 9.47 Å². The molecule has 1 fully saturated rings. The van der Waals surface area contributed by atoms with Crippen LogP contribution in [0.5, 0.6) is 5.19 Å². The van der Waals surface area contributed by atoms with Crippen molar-refractivity contribution in [3.63, 3.8) is 0 Å². The maximum atomic E-state index is 5.67. The summed E-state index contributed by atoms with van der Waals surface area (Å²) >= 11 is 1.50. The van der Waals surface area contributed by atoms with Crippen molar-refractivity contribution in [2.75, 3.05) is 19.7 Å². The van der Waals surface area contributed by atoms with Gasteiger partial charge >= 0.3 is 0 Å². The molecular formula is C9H14N2O2S. The van der Waals surface area contributed by atoms with Gasteiger partial charge in [0.05, 0.1) is 6.10 Å². The number of nitrogens with zero attached hydrogens (tertiary/aromatic N) is 1. The van der Waals surface area contributed by atoms with Gasteiger partial charge in [0.15, 0.2) is 0 Å². The molecule has 0 aromatic carbocycles. The highest BCUT2D eigenvalue weighted by molar-refractivity contribution is 7.11. The van der Waals surface area contributed by atoms with E-state index in [2.05, 4.69) is 17.2 Å². The Bertz CT molecular complexity index is 266. The quantitative estimate of drug-likeness (QED) is 0.812. The molecule has 4 nitrogen and oxygen atoms in total. The first-order valence-electron chi connectivity index (χ1n) is 4.73. The smallest absolute Gasteiger partial charge is 0.273 e. The topological polar surface area (TPSA) is 43.4 Å². The molecule has 14 heavy (non-hydrogen) atoms. The minimum Gasteiger partial charge on any atom is -0.467 e. The molecule has 0 aliphatic carbocycles. The van der Waals surface area contributed by atoms with Gasteiger partial charge in [-0.25, -0.2) is 4.98 Å². The zero-order valence-electron chi connectivity index (χ0n) is 8.10. The van der Waals surface area contributed by atoms with Gasteiger partial charge in [-0.3, -0.25) is 0 Å². The fraction of sp³-hybridized carbons (Fsp3) is 0.667. The summed E-state index contributed by atoms with van der Waals surface area (Å²) < 4.78 is 11.2. The molecular weight excluding hydrogens is 200 g/mol. The number of aromatic nitrogens is 1. The Labute approximate surface area is 87.3 Å². The summed E-state index contributed by atoms with van der Waals surface area (Å²) in [6.07, 6.45) is 2.15. The lowest BCUT2D eigenvalue weighted by Crippen LogP contribution is -2.45. The first kappa shape index (κ1) is 9.89. The third-order valence-corrected chi connectivity index (χ3v) is 2.71. The summed E-state index contributed by atoms with van der Waals surface area (Å²) in [5.41, 5.74) is 0. The van der Waals surface area contributed by atoms with Crippen molar-refractivity contribution in [1.82, 2.24) is 10.3 Å². The van der Waals surface area contributed by atoms with Crippen molar-refractivity contribution in [3.05, 3.63) is 11.6 Å². The molecule has 78 valence electrons. The molecule has 1 saturated heterocycles. The Hall–Kier alpha value is -0.650. The molecule has 2 heterocycles. The molecule has 0 amide bonds. The van der Waals surface area contributed by atoms with E-state index in [-0.39, 0.29) is 12.2 Å². The van der Waals surface area contributed by atoms with Crippen LogP contribution in [0.4, 0.5) is 0 Å². The summed E-state index contributed by atoms with van der Waals surface area (Å²) in [7, 11) is 0. The summed E-state index contributed by atoms with van der Waals surface area (Å²) in [4.78, 5) is 4.04. The predicted octanol–water partition coefficient (Wildman–Crippen LogP) is 0.899. The zero-order valence-corrected chi connectivity index (χ0v) is 8.92. The molecule has 0 spiro atoms. The summed E-state index contributed by atoms with van der Waals surface area (Å²) in [5, 5.41) is 5.91. The second-order valence-electron chi connectivity index (χ2n) is 3.34. The average Bonchev–Trinajstić information content (AvgIpc) is 2.67. The van der Waals surface area contributed by atoms with Crippen LogP contribution >= 0.6 is 11.3 Å². The van der Waals surface area contributed by atoms with Crippen LogP contribution in [0, 0.1) is 0 Å². The van der Waals surface area contributed by atoms with Gasteiger partial charge in [-0.15, -0.1) is 0 Å². The first-order chi connectivity index (χ1) is 6.84. The van der Waals surface area contributed by atoms with Gasteiger partial charge in [-0.1, -0.05) is 11.3 Å². The SMILES string of the molecule is CC1CNCC(COc2nccs2)O1. The normalized spacial score (nSPS) is 27.5. The average molecular weight is 214 g/mol. The predicted molar refractivity (Wildman–Crippen MR) is 54.8 cm³/mol. The Morgan fingerprint density at radius 2 is 2.64 bits per heavy atom. The van der Waals surface area contributed by atoms with Crippen molar-refractivity contribution in [2.45, 2.75) is 19.1 Å². The lowest BCUT2D eigenvalue weighted by atomic mass is 10.2. The van der Waals surface area contributed by atoms with Gasteiger partial charge in [0.25, 0.3) is 5.19 Å². The summed E-state index contributed by atoms with van der Waals surface area (Å²) in [5.74, 6) is 0. The number of ether oxygens (including phenoxy) is 2. The Morgan fingerprint density at radius 1 is 1.71 bits per heavy atom. The fourth-order valence-electron chi connectivity index (χ4n) is 1.42. The summed E-state index contributed by atoms with van der Waals surface area (Å²) in [6.45, 7) is 4.41. The van der Waals surface area contributed by atoms with E-state index in [1.54, 1.807) is 6.20 Å². The Morgan fingerprint density at radius 3 is 3.36 bits per heavy atom. The molecule has 1 aromatic rings. The number of hydrogen-bond acceptors (Lipinski definition) is 5. The lowest BCUT2D eigenvalue weighted by molar-refractivity contribution is -0.0470. The largest absolute Gasteiger partial charge is 0.467 e. The van der Waals surface area contributed by atoms with Crippen LogP contribution in [0.15, 0.2) is 11.6 Å². The number of nitrogens with one attached hydrogen (secondary N) is 1. The number of morpholine rings is 1. The standard InChI is InChI=1S/C9H14N2O2S/c1-7-4-10-5-8(13-7)6-12-9-11-2-3-14-9/h2-3,7-8,10H,4-6H2,1H3. The molecule has 2 atom stereocenters. The van der Waals surface area contributed by atoms with Crippen molar-refractivity contribution < 1.29 is 9.47 Å². The van der Waals surface area contributed by atoms with E-state index in [1.165, 1.54) is 11.3 Å². The number of thiazole rings is 1. The van der Waals surface area contributed by atoms with Gasteiger partial charge in [-0.2, -0.15) is 0 Å². The van der Waals surface area contributed by atoms with Crippen LogP contribution in [-0.4, -0.2) is 36.9 Å². The fourth-order valence-corrected chi connectivity index (χ4v) is 1.91. The van der Waals surface area contributed by atoms with Crippen molar-refractivity contribution in [2.24, 2.45) is 0 Å². The van der Waals surface area contributed by atoms with Crippen LogP contribution in [-0.2, 0) is 4.74 Å². The maximum Gasteiger partial charge on any atom is 0.273 e. The van der Waals surface area contributed by atoms with Crippen LogP contribution in [0.2, 0.25) is 0 Å². The number of rotatable bonds is 3. The molecule has 0 saturated carbocycles. The molecule has 0 radical (unpaired) electrons. The van der Waals surface area contributed by atoms with Crippen molar-refractivity contribution in [3.8, 4) is 5.19 Å². The molecule has 2 rings (SSSR count). The first-order valence-corrected chi connectivity index (χ1v) is 5.61. The van der Waals surface area contributed by atoms with Crippen LogP contribution < -0.4 is 10.1 Å². The molecule has 1 N–H and O–H groups in total. The summed E-state index contributed by atoms with van der Waals surface area (Å²) in [6, 6.07) is 0. The molecule has 0 bridgehead atoms. The highest BCUT2D eigenvalue weighted by atomic mass is 32.1. The minimum absolute atomic E-state index is 0.141. The monoisotopic (exact) mass is 214 g/mol. The Balaban J connectivity index is 1.75. The van der Waals surface area contributed by atoms with E-state index >= 15 is 0 Å². The molecule has 1 aromatic heterocycles. The minimum atomic E-state index is 0.141. The van der Waals surface area contributed by atoms with E-state index in [9.17, 15) is 0 Å². The van der Waals surface area contributed by atoms with Crippen LogP contribution in [0.3, 0.4) is 0 Å². The molecule has 1 aliphatic heterocycles. The van der Waals surface area contributed by atoms with Crippen LogP contribution in [0.1, 0.15) is 6.92 Å². The van der Waals surface area contributed by atoms with Gasteiger partial charge in [0.1, 0.15) is 12.7 Å². The zero-order chi connectivity index (χ0) is 9.80. The molecule has 2 unspecified atom stereocenters. The van der Waals surface area contributed by atoms with E-state index < -0.39 is 0 Å². The number of hydrogen-bond donors (Lipinski definition) is 1. The molecule has 1 aliphatic rings.